The summed E-state index contributed by atoms with van der Waals surface area (Å²) in [6.07, 6.45) is 0. The third-order valence-electron chi connectivity index (χ3n) is 14.6. The van der Waals surface area contributed by atoms with E-state index >= 15 is 0 Å². The van der Waals surface area contributed by atoms with Gasteiger partial charge in [0, 0.05) is 33.4 Å². The van der Waals surface area contributed by atoms with Crippen molar-refractivity contribution in [2.45, 2.75) is 10.8 Å². The average molecular weight is 900 g/mol. The Hall–Kier alpha value is -8.98. The number of nitrogens with zero attached hydrogens (tertiary/aromatic N) is 1. The Balaban J connectivity index is 1.08. The van der Waals surface area contributed by atoms with Gasteiger partial charge in [0.05, 0.1) is 21.8 Å². The highest BCUT2D eigenvalue weighted by Gasteiger charge is 2.47. The molecule has 0 fully saturated rings. The highest BCUT2D eigenvalue weighted by atomic mass is 16.3. The van der Waals surface area contributed by atoms with E-state index in [1.807, 2.05) is 182 Å². The molecule has 0 unspecified atom stereocenters. The quantitative estimate of drug-likeness (QED) is 0.151. The molecule has 328 valence electrons. The lowest BCUT2D eigenvalue weighted by Gasteiger charge is -2.35. The molecule has 0 spiro atoms. The van der Waals surface area contributed by atoms with Gasteiger partial charge in [-0.15, -0.1) is 0 Å². The van der Waals surface area contributed by atoms with Crippen LogP contribution in [0.25, 0.3) is 55.3 Å². The number of furan rings is 1. The monoisotopic (exact) mass is 899 g/mol. The number of anilines is 3. The zero-order valence-electron chi connectivity index (χ0n) is 45.7. The smallest absolute Gasteiger partial charge is 0.143 e. The van der Waals surface area contributed by atoms with E-state index in [-0.39, 0.29) is 46.7 Å². The molecular weight excluding hydrogens is 847 g/mol. The molecule has 0 N–H and O–H groups in total. The van der Waals surface area contributed by atoms with Gasteiger partial charge in [0.15, 0.2) is 0 Å². The molecule has 1 aromatic heterocycles. The summed E-state index contributed by atoms with van der Waals surface area (Å²) in [6, 6.07) is 70.1. The number of rotatable bonds is 8. The van der Waals surface area contributed by atoms with Crippen molar-refractivity contribution in [3.8, 4) is 33.4 Å². The second-order valence-corrected chi connectivity index (χ2v) is 18.0. The van der Waals surface area contributed by atoms with Gasteiger partial charge in [-0.1, -0.05) is 230 Å². The largest absolute Gasteiger partial charge is 0.455 e. The SMILES string of the molecule is [2H]c1c([2H])c(N(c2ccc3c(c2)C(c2ccccc2)(c2ccccc2)c2ccccc2-3)c2c([2H])c([2H])c(C3(c4ccccc4)c4ccccc4-c4ccccc43)c([2H])c2[2H])c([2H])c([2H])c1-c1cccc2c1oc1ccccc12. The number of benzene rings is 11. The summed E-state index contributed by atoms with van der Waals surface area (Å²) >= 11 is 0. The first-order valence-corrected chi connectivity index (χ1v) is 23.6. The minimum Gasteiger partial charge on any atom is -0.455 e. The van der Waals surface area contributed by atoms with Gasteiger partial charge in [-0.05, 0) is 115 Å². The van der Waals surface area contributed by atoms with Crippen molar-refractivity contribution in [3.05, 3.63) is 317 Å². The highest BCUT2D eigenvalue weighted by molar-refractivity contribution is 6.09. The molecule has 2 heteroatoms. The summed E-state index contributed by atoms with van der Waals surface area (Å²) in [4.78, 5) is 1.44. The molecule has 0 atom stereocenters. The van der Waals surface area contributed by atoms with Crippen LogP contribution in [-0.4, -0.2) is 0 Å². The fourth-order valence-electron chi connectivity index (χ4n) is 11.7. The van der Waals surface area contributed by atoms with Gasteiger partial charge < -0.3 is 9.32 Å². The number of para-hydroxylation sites is 2. The third-order valence-corrected chi connectivity index (χ3v) is 14.6. The average Bonchev–Trinajstić information content (AvgIpc) is 4.32. The van der Waals surface area contributed by atoms with Crippen molar-refractivity contribution >= 4 is 39.0 Å². The molecule has 0 aliphatic heterocycles. The molecule has 11 aromatic carbocycles. The summed E-state index contributed by atoms with van der Waals surface area (Å²) in [5, 5.41) is 1.60. The molecule has 2 aliphatic rings. The highest BCUT2D eigenvalue weighted by Crippen LogP contribution is 2.59. The Kier molecular flexibility index (Phi) is 7.38. The zero-order valence-corrected chi connectivity index (χ0v) is 37.7. The second kappa shape index (κ2) is 15.8. The van der Waals surface area contributed by atoms with Gasteiger partial charge in [0.1, 0.15) is 11.2 Å². The van der Waals surface area contributed by atoms with Crippen LogP contribution in [0.5, 0.6) is 0 Å². The van der Waals surface area contributed by atoms with Crippen molar-refractivity contribution in [2.75, 3.05) is 4.90 Å². The first-order chi connectivity index (χ1) is 38.1. The van der Waals surface area contributed by atoms with E-state index in [1.54, 1.807) is 6.07 Å². The lowest BCUT2D eigenvalue weighted by atomic mass is 9.67. The van der Waals surface area contributed by atoms with E-state index in [9.17, 15) is 11.0 Å². The predicted octanol–water partition coefficient (Wildman–Crippen LogP) is 17.4. The van der Waals surface area contributed by atoms with Crippen LogP contribution < -0.4 is 4.90 Å². The van der Waals surface area contributed by atoms with Crippen LogP contribution in [0.15, 0.2) is 277 Å². The first-order valence-electron chi connectivity index (χ1n) is 27.6. The first kappa shape index (κ1) is 32.7. The van der Waals surface area contributed by atoms with E-state index in [0.29, 0.717) is 22.4 Å². The Morgan fingerprint density at radius 1 is 0.314 bits per heavy atom. The maximum Gasteiger partial charge on any atom is 0.143 e. The molecule has 70 heavy (non-hydrogen) atoms. The predicted molar refractivity (Wildman–Crippen MR) is 288 cm³/mol. The van der Waals surface area contributed by atoms with E-state index in [4.69, 9.17) is 4.42 Å². The molecule has 0 amide bonds. The minimum atomic E-state index is -1.30. The Morgan fingerprint density at radius 2 is 0.743 bits per heavy atom. The van der Waals surface area contributed by atoms with Gasteiger partial charge in [-0.3, -0.25) is 0 Å². The summed E-state index contributed by atoms with van der Waals surface area (Å²) < 4.78 is 88.0. The fraction of sp³-hybridized carbons (Fsp3) is 0.0294. The molecule has 12 aromatic rings. The van der Waals surface area contributed by atoms with Crippen LogP contribution in [0.4, 0.5) is 17.1 Å². The number of fused-ring (bicyclic) bond motifs is 9. The maximum absolute atomic E-state index is 10.4. The van der Waals surface area contributed by atoms with Crippen molar-refractivity contribution in [3.63, 3.8) is 0 Å². The van der Waals surface area contributed by atoms with Gasteiger partial charge in [0.2, 0.25) is 0 Å². The van der Waals surface area contributed by atoms with Crippen molar-refractivity contribution in [1.29, 1.82) is 0 Å². The molecule has 14 rings (SSSR count). The van der Waals surface area contributed by atoms with E-state index in [0.717, 1.165) is 72.0 Å². The van der Waals surface area contributed by atoms with E-state index < -0.39 is 35.0 Å². The molecule has 2 aliphatic carbocycles. The molecule has 0 bridgehead atoms. The van der Waals surface area contributed by atoms with E-state index in [2.05, 4.69) is 36.4 Å². The minimum absolute atomic E-state index is 0.0215. The van der Waals surface area contributed by atoms with Crippen LogP contribution >= 0.6 is 0 Å². The van der Waals surface area contributed by atoms with Crippen LogP contribution in [-0.2, 0) is 10.8 Å². The Bertz CT molecular complexity index is 4300. The molecule has 0 saturated carbocycles. The standard InChI is InChI=1S/C68H45NO/c1-4-19-47(20-5-1)67(61-31-14-10-25-55(61)56-26-11-15-32-62(56)67)50-37-41-52(42-38-50)69(51-39-35-46(36-40-51)54-29-18-30-60-59-28-13-17-34-65(59)70-66(54)60)53-43-44-58-57-27-12-16-33-63(57)68(64(58)45-53,48-21-6-2-7-22-48)49-23-8-3-9-24-49/h1-45H/i35D,36D,37D,38D,39D,40D,41D,42D. The third kappa shape index (κ3) is 5.74. The topological polar surface area (TPSA) is 16.4 Å². The number of hydrogen-bond donors (Lipinski definition) is 0. The van der Waals surface area contributed by atoms with Gasteiger partial charge in [0.25, 0.3) is 0 Å². The zero-order chi connectivity index (χ0) is 53.2. The van der Waals surface area contributed by atoms with Crippen molar-refractivity contribution in [2.24, 2.45) is 0 Å². The summed E-state index contributed by atoms with van der Waals surface area (Å²) in [5.41, 5.74) is 9.20. The number of hydrogen-bond acceptors (Lipinski definition) is 2. The molecule has 1 heterocycles. The summed E-state index contributed by atoms with van der Waals surface area (Å²) in [5.74, 6) is 0. The molecule has 0 radical (unpaired) electrons. The van der Waals surface area contributed by atoms with Gasteiger partial charge in [-0.25, -0.2) is 0 Å². The van der Waals surface area contributed by atoms with Crippen LogP contribution in [0.2, 0.25) is 0 Å². The van der Waals surface area contributed by atoms with Gasteiger partial charge in [-0.2, -0.15) is 0 Å². The normalized spacial score (nSPS) is 15.3. The van der Waals surface area contributed by atoms with Gasteiger partial charge >= 0.3 is 0 Å². The van der Waals surface area contributed by atoms with Crippen molar-refractivity contribution < 1.29 is 15.4 Å². The molecule has 0 saturated heterocycles. The molecular formula is C68H45NO. The van der Waals surface area contributed by atoms with Crippen LogP contribution in [0.1, 0.15) is 55.5 Å². The van der Waals surface area contributed by atoms with Crippen molar-refractivity contribution in [1.82, 2.24) is 0 Å². The Labute approximate surface area is 419 Å². The molecule has 2 nitrogen and oxygen atoms in total. The Morgan fingerprint density at radius 3 is 1.30 bits per heavy atom. The van der Waals surface area contributed by atoms with E-state index in [1.165, 1.54) is 4.90 Å². The summed E-state index contributed by atoms with van der Waals surface area (Å²) in [7, 11) is 0. The van der Waals surface area contributed by atoms with Crippen LogP contribution in [0.3, 0.4) is 0 Å². The summed E-state index contributed by atoms with van der Waals surface area (Å²) in [6.45, 7) is 0. The maximum atomic E-state index is 10.4. The fourth-order valence-corrected chi connectivity index (χ4v) is 11.7. The second-order valence-electron chi connectivity index (χ2n) is 18.0. The van der Waals surface area contributed by atoms with Crippen LogP contribution in [0, 0.1) is 0 Å². The lowest BCUT2D eigenvalue weighted by molar-refractivity contribution is 0.670. The lowest BCUT2D eigenvalue weighted by Crippen LogP contribution is -2.29.